The van der Waals surface area contributed by atoms with Crippen molar-refractivity contribution in [2.24, 2.45) is 5.92 Å². The van der Waals surface area contributed by atoms with Crippen molar-refractivity contribution in [3.63, 3.8) is 0 Å². The van der Waals surface area contributed by atoms with Crippen molar-refractivity contribution in [2.45, 2.75) is 39.5 Å². The monoisotopic (exact) mass is 312 g/mol. The van der Waals surface area contributed by atoms with Crippen LogP contribution in [0, 0.1) is 12.8 Å². The second kappa shape index (κ2) is 6.99. The third kappa shape index (κ3) is 3.81. The van der Waals surface area contributed by atoms with Gasteiger partial charge in [-0.15, -0.1) is 0 Å². The second-order valence-electron chi connectivity index (χ2n) is 6.21. The van der Waals surface area contributed by atoms with Gasteiger partial charge in [-0.3, -0.25) is 0 Å². The van der Waals surface area contributed by atoms with E-state index in [4.69, 9.17) is 9.47 Å². The Hall–Kier alpha value is -2.10. The summed E-state index contributed by atoms with van der Waals surface area (Å²) in [4.78, 5) is 9.12. The molecule has 0 unspecified atom stereocenters. The van der Waals surface area contributed by atoms with Gasteiger partial charge in [-0.2, -0.15) is 0 Å². The van der Waals surface area contributed by atoms with Crippen LogP contribution >= 0.6 is 0 Å². The lowest BCUT2D eigenvalue weighted by atomic mass is 9.92. The Bertz CT molecular complexity index is 685. The van der Waals surface area contributed by atoms with E-state index in [2.05, 4.69) is 29.0 Å². The molecule has 1 aromatic heterocycles. The van der Waals surface area contributed by atoms with Gasteiger partial charge in [0.1, 0.15) is 17.3 Å². The SMILES string of the molecule is CCCc1cc(C[C@H]2COc3cc(OC)ccc3C2)nc(C)n1. The molecule has 1 atom stereocenters. The van der Waals surface area contributed by atoms with Gasteiger partial charge < -0.3 is 9.47 Å². The van der Waals surface area contributed by atoms with Crippen LogP contribution in [0.5, 0.6) is 11.5 Å². The van der Waals surface area contributed by atoms with Gasteiger partial charge in [0.15, 0.2) is 0 Å². The Morgan fingerprint density at radius 1 is 1.22 bits per heavy atom. The number of hydrogen-bond donors (Lipinski definition) is 0. The molecule has 1 aliphatic heterocycles. The van der Waals surface area contributed by atoms with Gasteiger partial charge in [-0.1, -0.05) is 19.4 Å². The molecule has 23 heavy (non-hydrogen) atoms. The third-order valence-electron chi connectivity index (χ3n) is 4.21. The topological polar surface area (TPSA) is 44.2 Å². The lowest BCUT2D eigenvalue weighted by molar-refractivity contribution is 0.219. The quantitative estimate of drug-likeness (QED) is 0.847. The minimum Gasteiger partial charge on any atom is -0.497 e. The number of benzene rings is 1. The van der Waals surface area contributed by atoms with Crippen molar-refractivity contribution in [3.05, 3.63) is 47.0 Å². The van der Waals surface area contributed by atoms with Crippen LogP contribution in [-0.2, 0) is 19.3 Å². The fraction of sp³-hybridized carbons (Fsp3) is 0.474. The van der Waals surface area contributed by atoms with Crippen LogP contribution in [0.4, 0.5) is 0 Å². The molecule has 0 fully saturated rings. The Balaban J connectivity index is 1.72. The van der Waals surface area contributed by atoms with Gasteiger partial charge in [0.2, 0.25) is 0 Å². The highest BCUT2D eigenvalue weighted by Gasteiger charge is 2.21. The molecule has 0 radical (unpaired) electrons. The van der Waals surface area contributed by atoms with Crippen molar-refractivity contribution < 1.29 is 9.47 Å². The Morgan fingerprint density at radius 2 is 2.04 bits per heavy atom. The normalized spacial score (nSPS) is 16.6. The summed E-state index contributed by atoms with van der Waals surface area (Å²) in [6.45, 7) is 4.88. The molecular weight excluding hydrogens is 288 g/mol. The van der Waals surface area contributed by atoms with Crippen molar-refractivity contribution in [1.82, 2.24) is 9.97 Å². The van der Waals surface area contributed by atoms with Gasteiger partial charge in [-0.05, 0) is 43.9 Å². The van der Waals surface area contributed by atoms with Crippen molar-refractivity contribution in [2.75, 3.05) is 13.7 Å². The van der Waals surface area contributed by atoms with Crippen molar-refractivity contribution >= 4 is 0 Å². The summed E-state index contributed by atoms with van der Waals surface area (Å²) >= 11 is 0. The van der Waals surface area contributed by atoms with E-state index in [1.54, 1.807) is 7.11 Å². The first-order valence-electron chi connectivity index (χ1n) is 8.31. The standard InChI is InChI=1S/C19H24N2O2/c1-4-5-16-10-17(21-13(2)20-16)9-14-8-15-6-7-18(22-3)11-19(15)23-12-14/h6-7,10-11,14H,4-5,8-9,12H2,1-3H3/t14-/m0/s1. The molecule has 3 rings (SSSR count). The zero-order valence-electron chi connectivity index (χ0n) is 14.1. The highest BCUT2D eigenvalue weighted by atomic mass is 16.5. The number of nitrogens with zero attached hydrogens (tertiary/aromatic N) is 2. The molecule has 0 bridgehead atoms. The molecule has 0 N–H and O–H groups in total. The van der Waals surface area contributed by atoms with Gasteiger partial charge >= 0.3 is 0 Å². The molecule has 4 heteroatoms. The molecule has 0 amide bonds. The van der Waals surface area contributed by atoms with Crippen LogP contribution in [0.25, 0.3) is 0 Å². The van der Waals surface area contributed by atoms with Crippen molar-refractivity contribution in [3.8, 4) is 11.5 Å². The second-order valence-corrected chi connectivity index (χ2v) is 6.21. The van der Waals surface area contributed by atoms with E-state index in [0.29, 0.717) is 5.92 Å². The van der Waals surface area contributed by atoms with Gasteiger partial charge in [0, 0.05) is 23.4 Å². The zero-order chi connectivity index (χ0) is 16.2. The Kier molecular flexibility index (Phi) is 4.79. The minimum atomic E-state index is 0.458. The average Bonchev–Trinajstić information content (AvgIpc) is 2.54. The highest BCUT2D eigenvalue weighted by molar-refractivity contribution is 5.42. The van der Waals surface area contributed by atoms with E-state index >= 15 is 0 Å². The molecule has 122 valence electrons. The molecule has 2 aromatic rings. The lowest BCUT2D eigenvalue weighted by Gasteiger charge is -2.25. The number of rotatable bonds is 5. The molecular formula is C19H24N2O2. The molecule has 0 spiro atoms. The Morgan fingerprint density at radius 3 is 2.83 bits per heavy atom. The fourth-order valence-corrected chi connectivity index (χ4v) is 3.16. The third-order valence-corrected chi connectivity index (χ3v) is 4.21. The van der Waals surface area contributed by atoms with E-state index in [1.807, 2.05) is 19.1 Å². The van der Waals surface area contributed by atoms with Gasteiger partial charge in [0.25, 0.3) is 0 Å². The number of fused-ring (bicyclic) bond motifs is 1. The highest BCUT2D eigenvalue weighted by Crippen LogP contribution is 2.32. The van der Waals surface area contributed by atoms with Gasteiger partial charge in [0.05, 0.1) is 13.7 Å². The fourth-order valence-electron chi connectivity index (χ4n) is 3.16. The van der Waals surface area contributed by atoms with E-state index in [1.165, 1.54) is 5.56 Å². The number of ether oxygens (including phenoxy) is 2. The van der Waals surface area contributed by atoms with Crippen molar-refractivity contribution in [1.29, 1.82) is 0 Å². The lowest BCUT2D eigenvalue weighted by Crippen LogP contribution is -2.23. The zero-order valence-corrected chi connectivity index (χ0v) is 14.1. The number of hydrogen-bond acceptors (Lipinski definition) is 4. The number of aryl methyl sites for hydroxylation is 2. The van der Waals surface area contributed by atoms with E-state index < -0.39 is 0 Å². The predicted octanol–water partition coefficient (Wildman–Crippen LogP) is 3.54. The van der Waals surface area contributed by atoms with Crippen LogP contribution in [0.2, 0.25) is 0 Å². The summed E-state index contributed by atoms with van der Waals surface area (Å²) in [5.74, 6) is 3.12. The minimum absolute atomic E-state index is 0.458. The van der Waals surface area contributed by atoms with Crippen LogP contribution in [-0.4, -0.2) is 23.7 Å². The average molecular weight is 312 g/mol. The van der Waals surface area contributed by atoms with Crippen LogP contribution in [0.15, 0.2) is 24.3 Å². The first kappa shape index (κ1) is 15.8. The molecule has 0 saturated carbocycles. The van der Waals surface area contributed by atoms with Crippen LogP contribution in [0.3, 0.4) is 0 Å². The maximum Gasteiger partial charge on any atom is 0.126 e. The van der Waals surface area contributed by atoms with Gasteiger partial charge in [-0.25, -0.2) is 9.97 Å². The maximum atomic E-state index is 5.94. The summed E-state index contributed by atoms with van der Waals surface area (Å²) in [7, 11) is 1.68. The molecule has 1 aliphatic rings. The smallest absolute Gasteiger partial charge is 0.126 e. The summed E-state index contributed by atoms with van der Waals surface area (Å²) in [5, 5.41) is 0. The molecule has 2 heterocycles. The molecule has 0 aliphatic carbocycles. The number of aromatic nitrogens is 2. The van der Waals surface area contributed by atoms with Crippen LogP contribution in [0.1, 0.15) is 36.1 Å². The summed E-state index contributed by atoms with van der Waals surface area (Å²) in [6.07, 6.45) is 4.08. The Labute approximate surface area is 137 Å². The van der Waals surface area contributed by atoms with E-state index in [-0.39, 0.29) is 0 Å². The predicted molar refractivity (Wildman–Crippen MR) is 90.2 cm³/mol. The van der Waals surface area contributed by atoms with E-state index in [9.17, 15) is 0 Å². The molecule has 1 aromatic carbocycles. The van der Waals surface area contributed by atoms with E-state index in [0.717, 1.165) is 61.0 Å². The molecule has 0 saturated heterocycles. The first-order chi connectivity index (χ1) is 11.2. The molecule has 4 nitrogen and oxygen atoms in total. The largest absolute Gasteiger partial charge is 0.497 e. The summed E-state index contributed by atoms with van der Waals surface area (Å²) in [6, 6.07) is 8.23. The summed E-state index contributed by atoms with van der Waals surface area (Å²) in [5.41, 5.74) is 3.53. The van der Waals surface area contributed by atoms with Crippen LogP contribution < -0.4 is 9.47 Å². The number of methoxy groups -OCH3 is 1. The first-order valence-corrected chi connectivity index (χ1v) is 8.31. The maximum absolute atomic E-state index is 5.94. The summed E-state index contributed by atoms with van der Waals surface area (Å²) < 4.78 is 11.2.